The maximum Gasteiger partial charge on any atom is 0.372 e. The lowest BCUT2D eigenvalue weighted by Gasteiger charge is -1.99. The van der Waals surface area contributed by atoms with E-state index < -0.39 is 21.0 Å². The third kappa shape index (κ3) is 2.28. The number of rotatable bonds is 2. The summed E-state index contributed by atoms with van der Waals surface area (Å²) in [6, 6.07) is 4.44. The van der Waals surface area contributed by atoms with Crippen LogP contribution in [0.3, 0.4) is 0 Å². The molecule has 1 aromatic rings. The highest BCUT2D eigenvalue weighted by Crippen LogP contribution is 2.11. The van der Waals surface area contributed by atoms with Crippen molar-refractivity contribution < 1.29 is 27.9 Å². The molecule has 2 N–H and O–H groups in total. The molecule has 1 aromatic carbocycles. The van der Waals surface area contributed by atoms with Crippen LogP contribution in [0.25, 0.3) is 0 Å². The van der Waals surface area contributed by atoms with Gasteiger partial charge in [-0.2, -0.15) is 13.7 Å². The second kappa shape index (κ2) is 3.74. The third-order valence-corrected chi connectivity index (χ3v) is 2.30. The highest BCUT2D eigenvalue weighted by molar-refractivity contribution is 7.85. The van der Waals surface area contributed by atoms with E-state index in [-0.39, 0.29) is 5.56 Å². The van der Waals surface area contributed by atoms with E-state index >= 15 is 0 Å². The van der Waals surface area contributed by atoms with Gasteiger partial charge in [0.05, 0.1) is 10.5 Å². The molecule has 0 spiro atoms. The Hall–Kier alpha value is -1.44. The fourth-order valence-electron chi connectivity index (χ4n) is 0.836. The first kappa shape index (κ1) is 10.6. The molecule has 0 radical (unpaired) electrons. The predicted octanol–water partition coefficient (Wildman–Crippen LogP) is 0.563. The van der Waals surface area contributed by atoms with Gasteiger partial charge < -0.3 is 0 Å². The Morgan fingerprint density at radius 3 is 2.50 bits per heavy atom. The van der Waals surface area contributed by atoms with Crippen molar-refractivity contribution in [1.82, 2.24) is 0 Å². The van der Waals surface area contributed by atoms with Gasteiger partial charge in [-0.1, -0.05) is 6.07 Å². The average molecular weight is 218 g/mol. The standard InChI is InChI=1S/C7H6O6S/c8-7(13-9)5-2-1-3-6(4-5)14(10,11)12/h1-4,9H,(H,10,11,12). The first-order chi connectivity index (χ1) is 6.45. The van der Waals surface area contributed by atoms with Gasteiger partial charge in [-0.25, -0.2) is 4.79 Å². The molecule has 0 saturated carbocycles. The van der Waals surface area contributed by atoms with Gasteiger partial charge >= 0.3 is 5.97 Å². The number of carbonyl (C=O) groups is 1. The lowest BCUT2D eigenvalue weighted by atomic mass is 10.2. The van der Waals surface area contributed by atoms with Crippen LogP contribution in [-0.2, 0) is 15.0 Å². The summed E-state index contributed by atoms with van der Waals surface area (Å²) in [5.41, 5.74) is -0.178. The monoisotopic (exact) mass is 218 g/mol. The van der Waals surface area contributed by atoms with Crippen LogP contribution in [0.15, 0.2) is 29.2 Å². The second-order valence-corrected chi connectivity index (χ2v) is 3.80. The Balaban J connectivity index is 3.21. The van der Waals surface area contributed by atoms with E-state index in [1.165, 1.54) is 12.1 Å². The summed E-state index contributed by atoms with van der Waals surface area (Å²) in [5.74, 6) is -1.10. The topological polar surface area (TPSA) is 101 Å². The van der Waals surface area contributed by atoms with Gasteiger partial charge in [0.2, 0.25) is 0 Å². The quantitative estimate of drug-likeness (QED) is 0.427. The van der Waals surface area contributed by atoms with Crippen LogP contribution in [0, 0.1) is 0 Å². The summed E-state index contributed by atoms with van der Waals surface area (Å²) >= 11 is 0. The summed E-state index contributed by atoms with van der Waals surface area (Å²) in [7, 11) is -4.36. The fraction of sp³-hybridized carbons (Fsp3) is 0. The van der Waals surface area contributed by atoms with Crippen molar-refractivity contribution in [3.8, 4) is 0 Å². The van der Waals surface area contributed by atoms with Crippen molar-refractivity contribution in [2.75, 3.05) is 0 Å². The lowest BCUT2D eigenvalue weighted by molar-refractivity contribution is -0.182. The number of carbonyl (C=O) groups excluding carboxylic acids is 1. The second-order valence-electron chi connectivity index (χ2n) is 2.38. The first-order valence-corrected chi connectivity index (χ1v) is 4.82. The van der Waals surface area contributed by atoms with Crippen molar-refractivity contribution in [3.05, 3.63) is 29.8 Å². The normalized spacial score (nSPS) is 11.0. The summed E-state index contributed by atoms with van der Waals surface area (Å²) in [6.45, 7) is 0. The summed E-state index contributed by atoms with van der Waals surface area (Å²) in [5, 5.41) is 8.02. The Labute approximate surface area is 79.4 Å². The molecule has 0 atom stereocenters. The van der Waals surface area contributed by atoms with Crippen molar-refractivity contribution in [1.29, 1.82) is 0 Å². The Morgan fingerprint density at radius 2 is 2.00 bits per heavy atom. The number of hydrogen-bond acceptors (Lipinski definition) is 5. The maximum atomic E-state index is 10.7. The molecule has 0 aliphatic rings. The minimum Gasteiger partial charge on any atom is -0.296 e. The molecule has 14 heavy (non-hydrogen) atoms. The smallest absolute Gasteiger partial charge is 0.296 e. The van der Waals surface area contributed by atoms with E-state index in [4.69, 9.17) is 9.81 Å². The Kier molecular flexibility index (Phi) is 2.84. The molecule has 76 valence electrons. The van der Waals surface area contributed by atoms with Crippen LogP contribution >= 0.6 is 0 Å². The van der Waals surface area contributed by atoms with Crippen molar-refractivity contribution in [2.24, 2.45) is 0 Å². The molecule has 0 unspecified atom stereocenters. The van der Waals surface area contributed by atoms with E-state index in [2.05, 4.69) is 4.89 Å². The predicted molar refractivity (Wildman–Crippen MR) is 44.3 cm³/mol. The van der Waals surface area contributed by atoms with Crippen LogP contribution in [0.1, 0.15) is 10.4 Å². The van der Waals surface area contributed by atoms with Gasteiger partial charge in [0.1, 0.15) is 0 Å². The van der Waals surface area contributed by atoms with Gasteiger partial charge in [-0.3, -0.25) is 9.44 Å². The van der Waals surface area contributed by atoms with E-state index in [9.17, 15) is 13.2 Å². The molecule has 0 heterocycles. The first-order valence-electron chi connectivity index (χ1n) is 3.38. The van der Waals surface area contributed by atoms with E-state index in [1.807, 2.05) is 0 Å². The average Bonchev–Trinajstić information content (AvgIpc) is 2.15. The van der Waals surface area contributed by atoms with Gasteiger partial charge in [-0.05, 0) is 18.2 Å². The molecule has 0 aromatic heterocycles. The minimum absolute atomic E-state index is 0.178. The molecular weight excluding hydrogens is 212 g/mol. The molecule has 0 saturated heterocycles. The molecule has 0 aliphatic carbocycles. The van der Waals surface area contributed by atoms with Crippen LogP contribution in [0.4, 0.5) is 0 Å². The SMILES string of the molecule is O=C(OO)c1cccc(S(=O)(=O)O)c1. The molecule has 1 rings (SSSR count). The largest absolute Gasteiger partial charge is 0.372 e. The number of benzene rings is 1. The highest BCUT2D eigenvalue weighted by Gasteiger charge is 2.13. The maximum absolute atomic E-state index is 10.7. The third-order valence-electron chi connectivity index (χ3n) is 1.45. The number of hydrogen-bond donors (Lipinski definition) is 2. The van der Waals surface area contributed by atoms with E-state index in [0.717, 1.165) is 12.1 Å². The zero-order chi connectivity index (χ0) is 10.8. The van der Waals surface area contributed by atoms with Gasteiger partial charge in [-0.15, -0.1) is 0 Å². The summed E-state index contributed by atoms with van der Waals surface area (Å²) in [4.78, 5) is 13.7. The lowest BCUT2D eigenvalue weighted by Crippen LogP contribution is -2.04. The van der Waals surface area contributed by atoms with E-state index in [1.54, 1.807) is 0 Å². The van der Waals surface area contributed by atoms with Crippen molar-refractivity contribution >= 4 is 16.1 Å². The zero-order valence-corrected chi connectivity index (χ0v) is 7.56. The van der Waals surface area contributed by atoms with Crippen LogP contribution in [-0.4, -0.2) is 24.2 Å². The Morgan fingerprint density at radius 1 is 1.36 bits per heavy atom. The molecule has 7 heteroatoms. The molecule has 0 fully saturated rings. The summed E-state index contributed by atoms with van der Waals surface area (Å²) < 4.78 is 29.9. The van der Waals surface area contributed by atoms with Gasteiger partial charge in [0, 0.05) is 0 Å². The van der Waals surface area contributed by atoms with Crippen LogP contribution in [0.5, 0.6) is 0 Å². The van der Waals surface area contributed by atoms with Crippen LogP contribution < -0.4 is 0 Å². The van der Waals surface area contributed by atoms with Crippen molar-refractivity contribution in [3.63, 3.8) is 0 Å². The molecular formula is C7H6O6S. The molecule has 0 bridgehead atoms. The van der Waals surface area contributed by atoms with Crippen molar-refractivity contribution in [2.45, 2.75) is 4.90 Å². The highest BCUT2D eigenvalue weighted by atomic mass is 32.2. The minimum atomic E-state index is -4.36. The van der Waals surface area contributed by atoms with Gasteiger partial charge in [0.25, 0.3) is 10.1 Å². The molecule has 0 amide bonds. The zero-order valence-electron chi connectivity index (χ0n) is 6.75. The van der Waals surface area contributed by atoms with Gasteiger partial charge in [0.15, 0.2) is 0 Å². The van der Waals surface area contributed by atoms with Crippen LogP contribution in [0.2, 0.25) is 0 Å². The summed E-state index contributed by atoms with van der Waals surface area (Å²) in [6.07, 6.45) is 0. The fourth-order valence-corrected chi connectivity index (χ4v) is 1.36. The Bertz CT molecular complexity index is 449. The molecule has 6 nitrogen and oxygen atoms in total. The van der Waals surface area contributed by atoms with E-state index in [0.29, 0.717) is 0 Å². The molecule has 0 aliphatic heterocycles.